The van der Waals surface area contributed by atoms with E-state index in [2.05, 4.69) is 33.9 Å². The third kappa shape index (κ3) is 2.18. The molecule has 0 unspecified atom stereocenters. The molecule has 0 aliphatic carbocycles. The fourth-order valence-corrected chi connectivity index (χ4v) is 3.22. The first kappa shape index (κ1) is 14.5. The summed E-state index contributed by atoms with van der Waals surface area (Å²) in [5.41, 5.74) is 5.61. The average molecular weight is 269 g/mol. The molecule has 0 spiro atoms. The van der Waals surface area contributed by atoms with E-state index in [0.717, 1.165) is 0 Å². The fraction of sp³-hybridized carbons (Fsp3) is 1.00. The summed E-state index contributed by atoms with van der Waals surface area (Å²) in [4.78, 5) is 0. The van der Waals surface area contributed by atoms with Gasteiger partial charge < -0.3 is 19.6 Å². The fourth-order valence-electron chi connectivity index (χ4n) is 2.18. The van der Waals surface area contributed by atoms with Crippen molar-refractivity contribution in [3.05, 3.63) is 0 Å². The molecule has 2 saturated heterocycles. The maximum absolute atomic E-state index is 6.22. The van der Waals surface area contributed by atoms with Gasteiger partial charge in [-0.1, -0.05) is 20.8 Å². The standard InChI is InChI=1S/C12H24BNO3Si/c1-11(2,3)18(4,5)16-7-12-6-15-8(9(12)14)10(13)17-12/h8-10H,6-7,14H2,1-5H3/t8-,9+,10-,12-/m1/s1. The summed E-state index contributed by atoms with van der Waals surface area (Å²) in [7, 11) is 4.05. The molecule has 2 heterocycles. The summed E-state index contributed by atoms with van der Waals surface area (Å²) in [5, 5.41) is 0.174. The summed E-state index contributed by atoms with van der Waals surface area (Å²) in [6, 6.07) is -0.603. The molecule has 4 atom stereocenters. The second-order valence-corrected chi connectivity index (χ2v) is 11.8. The van der Waals surface area contributed by atoms with E-state index >= 15 is 0 Å². The van der Waals surface area contributed by atoms with E-state index in [-0.39, 0.29) is 17.2 Å². The SMILES string of the molecule is [B][C@@H]1O[C@@]2(CO[Si](C)(C)C(C)(C)C)CO[C@@H]1[C@@H]2N. The quantitative estimate of drug-likeness (QED) is 0.777. The zero-order chi connectivity index (χ0) is 13.8. The van der Waals surface area contributed by atoms with Crippen molar-refractivity contribution in [3.8, 4) is 0 Å². The van der Waals surface area contributed by atoms with Gasteiger partial charge in [-0.05, 0) is 18.1 Å². The van der Waals surface area contributed by atoms with Crippen molar-refractivity contribution in [3.63, 3.8) is 0 Å². The Hall–Kier alpha value is 0.122. The molecule has 4 nitrogen and oxygen atoms in total. The molecule has 2 bridgehead atoms. The normalized spacial score (nSPS) is 40.4. The van der Waals surface area contributed by atoms with E-state index in [0.29, 0.717) is 13.2 Å². The van der Waals surface area contributed by atoms with E-state index < -0.39 is 19.9 Å². The number of ether oxygens (including phenoxy) is 2. The molecule has 6 heteroatoms. The van der Waals surface area contributed by atoms with Crippen molar-refractivity contribution in [1.29, 1.82) is 0 Å². The molecule has 2 aliphatic rings. The zero-order valence-corrected chi connectivity index (χ0v) is 13.0. The average Bonchev–Trinajstić information content (AvgIpc) is 2.65. The molecule has 0 aromatic heterocycles. The van der Waals surface area contributed by atoms with Crippen LogP contribution in [0.4, 0.5) is 0 Å². The molecular weight excluding hydrogens is 245 g/mol. The maximum Gasteiger partial charge on any atom is 0.192 e. The van der Waals surface area contributed by atoms with Crippen LogP contribution in [-0.4, -0.2) is 53.1 Å². The molecule has 2 radical (unpaired) electrons. The van der Waals surface area contributed by atoms with E-state index in [9.17, 15) is 0 Å². The molecule has 0 aromatic carbocycles. The second kappa shape index (κ2) is 4.31. The zero-order valence-electron chi connectivity index (χ0n) is 12.0. The minimum absolute atomic E-state index is 0.174. The van der Waals surface area contributed by atoms with Crippen LogP contribution in [0.3, 0.4) is 0 Å². The highest BCUT2D eigenvalue weighted by molar-refractivity contribution is 6.74. The van der Waals surface area contributed by atoms with Crippen LogP contribution in [0.1, 0.15) is 20.8 Å². The van der Waals surface area contributed by atoms with Crippen LogP contribution < -0.4 is 5.73 Å². The van der Waals surface area contributed by atoms with Gasteiger partial charge in [-0.25, -0.2) is 0 Å². The van der Waals surface area contributed by atoms with Crippen molar-refractivity contribution in [2.45, 2.75) is 62.7 Å². The lowest BCUT2D eigenvalue weighted by molar-refractivity contribution is -0.128. The van der Waals surface area contributed by atoms with Crippen LogP contribution in [0.5, 0.6) is 0 Å². The number of nitrogens with two attached hydrogens (primary N) is 1. The minimum Gasteiger partial charge on any atom is -0.414 e. The smallest absolute Gasteiger partial charge is 0.192 e. The summed E-state index contributed by atoms with van der Waals surface area (Å²) in [6.07, 6.45) is -0.187. The number of hydrogen-bond acceptors (Lipinski definition) is 4. The second-order valence-electron chi connectivity index (χ2n) is 7.00. The van der Waals surface area contributed by atoms with Crippen LogP contribution in [0, 0.1) is 0 Å². The first-order chi connectivity index (χ1) is 8.09. The molecular formula is C12H24BNO3Si. The Labute approximate surface area is 112 Å². The molecule has 18 heavy (non-hydrogen) atoms. The van der Waals surface area contributed by atoms with Gasteiger partial charge in [0.2, 0.25) is 0 Å². The Bertz CT molecular complexity index is 334. The van der Waals surface area contributed by atoms with Crippen molar-refractivity contribution in [2.75, 3.05) is 13.2 Å². The lowest BCUT2D eigenvalue weighted by atomic mass is 9.91. The largest absolute Gasteiger partial charge is 0.414 e. The number of rotatable bonds is 3. The van der Waals surface area contributed by atoms with Crippen molar-refractivity contribution >= 4 is 16.2 Å². The highest BCUT2D eigenvalue weighted by atomic mass is 28.4. The van der Waals surface area contributed by atoms with E-state index in [4.69, 9.17) is 27.5 Å². The molecule has 2 N–H and O–H groups in total. The molecule has 2 rings (SSSR count). The summed E-state index contributed by atoms with van der Waals surface area (Å²) < 4.78 is 17.6. The minimum atomic E-state index is -1.80. The predicted molar refractivity (Wildman–Crippen MR) is 74.2 cm³/mol. The van der Waals surface area contributed by atoms with Gasteiger partial charge in [0, 0.05) is 6.00 Å². The Balaban J connectivity index is 2.03. The molecule has 2 fully saturated rings. The summed E-state index contributed by atoms with van der Waals surface area (Å²) >= 11 is 0. The first-order valence-electron chi connectivity index (χ1n) is 6.54. The van der Waals surface area contributed by atoms with Crippen LogP contribution in [0.25, 0.3) is 0 Å². The van der Waals surface area contributed by atoms with Gasteiger partial charge in [0.05, 0.1) is 25.4 Å². The lowest BCUT2D eigenvalue weighted by Gasteiger charge is -2.40. The third-order valence-electron chi connectivity index (χ3n) is 4.66. The van der Waals surface area contributed by atoms with Gasteiger partial charge in [0.25, 0.3) is 0 Å². The summed E-state index contributed by atoms with van der Waals surface area (Å²) in [6.45, 7) is 12.1. The first-order valence-corrected chi connectivity index (χ1v) is 9.44. The van der Waals surface area contributed by atoms with Crippen LogP contribution in [0.15, 0.2) is 0 Å². The maximum atomic E-state index is 6.22. The Morgan fingerprint density at radius 2 is 2.06 bits per heavy atom. The van der Waals surface area contributed by atoms with Gasteiger partial charge in [0.1, 0.15) is 13.4 Å². The topological polar surface area (TPSA) is 53.7 Å². The van der Waals surface area contributed by atoms with E-state index in [1.807, 2.05) is 0 Å². The Kier molecular flexibility index (Phi) is 3.48. The monoisotopic (exact) mass is 269 g/mol. The van der Waals surface area contributed by atoms with Crippen LogP contribution >= 0.6 is 0 Å². The van der Waals surface area contributed by atoms with E-state index in [1.165, 1.54) is 0 Å². The van der Waals surface area contributed by atoms with E-state index in [1.54, 1.807) is 0 Å². The van der Waals surface area contributed by atoms with Gasteiger partial charge >= 0.3 is 0 Å². The summed E-state index contributed by atoms with van der Waals surface area (Å²) in [5.74, 6) is 0. The molecule has 0 saturated carbocycles. The molecule has 0 amide bonds. The van der Waals surface area contributed by atoms with Crippen LogP contribution in [0.2, 0.25) is 18.1 Å². The highest BCUT2D eigenvalue weighted by Crippen LogP contribution is 2.41. The van der Waals surface area contributed by atoms with Gasteiger partial charge in [-0.3, -0.25) is 0 Å². The molecule has 2 aliphatic heterocycles. The van der Waals surface area contributed by atoms with Gasteiger partial charge in [-0.2, -0.15) is 0 Å². The van der Waals surface area contributed by atoms with Gasteiger partial charge in [0.15, 0.2) is 8.32 Å². The Morgan fingerprint density at radius 1 is 1.44 bits per heavy atom. The molecule has 0 aromatic rings. The predicted octanol–water partition coefficient (Wildman–Crippen LogP) is 0.998. The third-order valence-corrected chi connectivity index (χ3v) is 9.14. The van der Waals surface area contributed by atoms with Crippen molar-refractivity contribution in [1.82, 2.24) is 0 Å². The highest BCUT2D eigenvalue weighted by Gasteiger charge is 2.58. The van der Waals surface area contributed by atoms with Crippen molar-refractivity contribution < 1.29 is 13.9 Å². The number of hydrogen-bond donors (Lipinski definition) is 1. The van der Waals surface area contributed by atoms with Crippen molar-refractivity contribution in [2.24, 2.45) is 5.73 Å². The van der Waals surface area contributed by atoms with Gasteiger partial charge in [-0.15, -0.1) is 0 Å². The Morgan fingerprint density at radius 3 is 2.44 bits per heavy atom. The number of fused-ring (bicyclic) bond motifs is 2. The van der Waals surface area contributed by atoms with Crippen LogP contribution in [-0.2, 0) is 13.9 Å². The molecule has 102 valence electrons. The lowest BCUT2D eigenvalue weighted by Crippen LogP contribution is -2.53.